The van der Waals surface area contributed by atoms with Crippen molar-refractivity contribution in [2.45, 2.75) is 19.7 Å². The maximum Gasteiger partial charge on any atom is 0.387 e. The van der Waals surface area contributed by atoms with E-state index in [1.807, 2.05) is 24.3 Å². The fraction of sp³-hybridized carbons (Fsp3) is 0.250. The molecule has 1 aliphatic heterocycles. The first-order chi connectivity index (χ1) is 15.1. The summed E-state index contributed by atoms with van der Waals surface area (Å²) >= 11 is 0. The number of nitrogens with zero attached hydrogens (tertiary/aromatic N) is 4. The second kappa shape index (κ2) is 9.28. The Morgan fingerprint density at radius 1 is 1.16 bits per heavy atom. The zero-order chi connectivity index (χ0) is 21.6. The van der Waals surface area contributed by atoms with Crippen molar-refractivity contribution in [2.75, 3.05) is 13.8 Å². The van der Waals surface area contributed by atoms with Crippen LogP contribution in [-0.2, 0) is 13.1 Å². The normalized spacial score (nSPS) is 12.8. The van der Waals surface area contributed by atoms with Gasteiger partial charge in [-0.15, -0.1) is 0 Å². The molecule has 2 aromatic carbocycles. The number of rotatable bonds is 7. The number of hydrogen-bond acceptors (Lipinski definition) is 6. The molecule has 3 aromatic rings. The zero-order valence-electron chi connectivity index (χ0n) is 16.6. The quantitative estimate of drug-likeness (QED) is 0.439. The summed E-state index contributed by atoms with van der Waals surface area (Å²) in [7, 11) is 1.62. The molecule has 4 rings (SSSR count). The molecule has 0 fully saturated rings. The minimum Gasteiger partial charge on any atom is -0.454 e. The molecule has 11 heteroatoms. The molecule has 0 saturated heterocycles. The number of fused-ring (bicyclic) bond motifs is 1. The van der Waals surface area contributed by atoms with Gasteiger partial charge in [0.2, 0.25) is 6.79 Å². The Bertz CT molecular complexity index is 1040. The Hall–Kier alpha value is -3.89. The molecule has 2 heterocycles. The van der Waals surface area contributed by atoms with Gasteiger partial charge in [0, 0.05) is 31.8 Å². The van der Waals surface area contributed by atoms with Crippen LogP contribution in [0.3, 0.4) is 0 Å². The molecule has 0 atom stereocenters. The van der Waals surface area contributed by atoms with Crippen LogP contribution < -0.4 is 24.8 Å². The number of aromatic nitrogens is 3. The van der Waals surface area contributed by atoms with E-state index in [2.05, 4.69) is 30.4 Å². The second-order valence-electron chi connectivity index (χ2n) is 6.48. The summed E-state index contributed by atoms with van der Waals surface area (Å²) in [5.74, 6) is 1.37. The van der Waals surface area contributed by atoms with Gasteiger partial charge in [-0.1, -0.05) is 12.1 Å². The van der Waals surface area contributed by atoms with Crippen LogP contribution >= 0.6 is 0 Å². The summed E-state index contributed by atoms with van der Waals surface area (Å²) in [6.07, 6.45) is 3.10. The molecule has 9 nitrogen and oxygen atoms in total. The fourth-order valence-electron chi connectivity index (χ4n) is 3.00. The van der Waals surface area contributed by atoms with Crippen LogP contribution in [0.25, 0.3) is 5.69 Å². The lowest BCUT2D eigenvalue weighted by Gasteiger charge is -2.15. The minimum atomic E-state index is -2.95. The highest BCUT2D eigenvalue weighted by atomic mass is 19.3. The number of alkyl halides is 2. The van der Waals surface area contributed by atoms with Gasteiger partial charge < -0.3 is 24.8 Å². The van der Waals surface area contributed by atoms with Gasteiger partial charge in [0.25, 0.3) is 0 Å². The minimum absolute atomic E-state index is 0.0194. The van der Waals surface area contributed by atoms with Crippen molar-refractivity contribution in [3.63, 3.8) is 0 Å². The molecule has 0 radical (unpaired) electrons. The number of guanidine groups is 1. The summed E-state index contributed by atoms with van der Waals surface area (Å²) in [5.41, 5.74) is 2.42. The molecule has 1 aromatic heterocycles. The smallest absolute Gasteiger partial charge is 0.387 e. The molecular weight excluding hydrogens is 410 g/mol. The van der Waals surface area contributed by atoms with E-state index in [9.17, 15) is 8.78 Å². The molecule has 162 valence electrons. The van der Waals surface area contributed by atoms with Gasteiger partial charge in [-0.3, -0.25) is 4.99 Å². The first-order valence-electron chi connectivity index (χ1n) is 9.38. The largest absolute Gasteiger partial charge is 0.454 e. The van der Waals surface area contributed by atoms with Crippen LogP contribution in [-0.4, -0.2) is 41.2 Å². The van der Waals surface area contributed by atoms with Crippen LogP contribution in [0.15, 0.2) is 54.0 Å². The van der Waals surface area contributed by atoms with Gasteiger partial charge in [-0.25, -0.2) is 9.67 Å². The van der Waals surface area contributed by atoms with Gasteiger partial charge in [0.15, 0.2) is 17.5 Å². The summed E-state index contributed by atoms with van der Waals surface area (Å²) in [6.45, 7) is -2.20. The summed E-state index contributed by atoms with van der Waals surface area (Å²) in [5, 5.41) is 10.4. The molecule has 0 amide bonds. The zero-order valence-corrected chi connectivity index (χ0v) is 16.6. The second-order valence-corrected chi connectivity index (χ2v) is 6.48. The fourth-order valence-corrected chi connectivity index (χ4v) is 3.00. The predicted molar refractivity (Wildman–Crippen MR) is 108 cm³/mol. The highest BCUT2D eigenvalue weighted by Gasteiger charge is 2.20. The SMILES string of the molecule is CN=C(NCc1ccc(-n2cncn2)cc1)NCc1cc2c(cc1OC(F)F)OCO2. The standard InChI is InChI=1S/C20H20F2N6O3/c1-23-20(25-8-13-2-4-15(5-3-13)28-11-24-10-27-28)26-9-14-6-17-18(30-12-29-17)7-16(14)31-19(21)22/h2-7,10-11,19H,8-9,12H2,1H3,(H2,23,25,26). The lowest BCUT2D eigenvalue weighted by atomic mass is 10.1. The Morgan fingerprint density at radius 2 is 1.90 bits per heavy atom. The van der Waals surface area contributed by atoms with Crippen LogP contribution in [0.1, 0.15) is 11.1 Å². The number of halogens is 2. The average molecular weight is 430 g/mol. The van der Waals surface area contributed by atoms with Crippen LogP contribution in [0, 0.1) is 0 Å². The molecule has 2 N–H and O–H groups in total. The number of nitrogens with one attached hydrogen (secondary N) is 2. The maximum atomic E-state index is 12.8. The van der Waals surface area contributed by atoms with Crippen molar-refractivity contribution in [3.8, 4) is 22.9 Å². The third-order valence-electron chi connectivity index (χ3n) is 4.52. The Kier molecular flexibility index (Phi) is 6.11. The van der Waals surface area contributed by atoms with E-state index >= 15 is 0 Å². The molecule has 31 heavy (non-hydrogen) atoms. The van der Waals surface area contributed by atoms with Gasteiger partial charge in [-0.05, 0) is 23.8 Å². The summed E-state index contributed by atoms with van der Waals surface area (Å²) < 4.78 is 42.4. The molecule has 0 saturated carbocycles. The van der Waals surface area contributed by atoms with E-state index < -0.39 is 6.61 Å². The van der Waals surface area contributed by atoms with E-state index in [0.717, 1.165) is 11.3 Å². The monoisotopic (exact) mass is 430 g/mol. The molecule has 0 bridgehead atoms. The third-order valence-corrected chi connectivity index (χ3v) is 4.52. The van der Waals surface area contributed by atoms with Crippen molar-refractivity contribution in [1.82, 2.24) is 25.4 Å². The first-order valence-corrected chi connectivity index (χ1v) is 9.38. The van der Waals surface area contributed by atoms with Crippen LogP contribution in [0.4, 0.5) is 8.78 Å². The highest BCUT2D eigenvalue weighted by molar-refractivity contribution is 5.79. The summed E-state index contributed by atoms with van der Waals surface area (Å²) in [6, 6.07) is 10.8. The average Bonchev–Trinajstić information content (AvgIpc) is 3.46. The molecule has 1 aliphatic rings. The highest BCUT2D eigenvalue weighted by Crippen LogP contribution is 2.38. The Labute approximate surface area is 176 Å². The van der Waals surface area contributed by atoms with Crippen molar-refractivity contribution in [3.05, 3.63) is 60.2 Å². The molecular formula is C20H20F2N6O3. The number of benzene rings is 2. The maximum absolute atomic E-state index is 12.8. The van der Waals surface area contributed by atoms with Gasteiger partial charge in [0.1, 0.15) is 18.4 Å². The molecule has 0 unspecified atom stereocenters. The lowest BCUT2D eigenvalue weighted by Crippen LogP contribution is -2.36. The van der Waals surface area contributed by atoms with E-state index in [1.54, 1.807) is 24.1 Å². The van der Waals surface area contributed by atoms with Crippen molar-refractivity contribution in [2.24, 2.45) is 4.99 Å². The predicted octanol–water partition coefficient (Wildman–Crippen LogP) is 2.46. The lowest BCUT2D eigenvalue weighted by molar-refractivity contribution is -0.0505. The number of ether oxygens (including phenoxy) is 3. The van der Waals surface area contributed by atoms with E-state index in [-0.39, 0.29) is 19.1 Å². The van der Waals surface area contributed by atoms with Gasteiger partial charge >= 0.3 is 6.61 Å². The Morgan fingerprint density at radius 3 is 2.58 bits per heavy atom. The number of aliphatic imine (C=N–C) groups is 1. The first kappa shape index (κ1) is 20.4. The van der Waals surface area contributed by atoms with Crippen LogP contribution in [0.2, 0.25) is 0 Å². The Balaban J connectivity index is 1.37. The van der Waals surface area contributed by atoms with Gasteiger partial charge in [-0.2, -0.15) is 13.9 Å². The summed E-state index contributed by atoms with van der Waals surface area (Å²) in [4.78, 5) is 8.09. The number of hydrogen-bond donors (Lipinski definition) is 2. The van der Waals surface area contributed by atoms with E-state index in [1.165, 1.54) is 12.4 Å². The van der Waals surface area contributed by atoms with Crippen molar-refractivity contribution >= 4 is 5.96 Å². The van der Waals surface area contributed by atoms with Gasteiger partial charge in [0.05, 0.1) is 5.69 Å². The molecule has 0 aliphatic carbocycles. The van der Waals surface area contributed by atoms with Crippen molar-refractivity contribution < 1.29 is 23.0 Å². The molecule has 0 spiro atoms. The topological polar surface area (TPSA) is 94.8 Å². The third kappa shape index (κ3) is 5.00. The van der Waals surface area contributed by atoms with E-state index in [0.29, 0.717) is 29.6 Å². The van der Waals surface area contributed by atoms with Crippen molar-refractivity contribution in [1.29, 1.82) is 0 Å². The van der Waals surface area contributed by atoms with Crippen LogP contribution in [0.5, 0.6) is 17.2 Å². The van der Waals surface area contributed by atoms with E-state index in [4.69, 9.17) is 9.47 Å².